The van der Waals surface area contributed by atoms with Crippen LogP contribution < -0.4 is 9.47 Å². The van der Waals surface area contributed by atoms with E-state index in [1.807, 2.05) is 23.1 Å². The highest BCUT2D eigenvalue weighted by atomic mass is 35.5. The molecule has 0 N–H and O–H groups in total. The van der Waals surface area contributed by atoms with E-state index in [0.29, 0.717) is 0 Å². The van der Waals surface area contributed by atoms with Gasteiger partial charge < -0.3 is 4.90 Å². The van der Waals surface area contributed by atoms with Crippen LogP contribution in [0.15, 0.2) is 92.9 Å². The summed E-state index contributed by atoms with van der Waals surface area (Å²) in [6.45, 7) is 6.67. The number of thiazole rings is 1. The molecule has 0 fully saturated rings. The lowest BCUT2D eigenvalue weighted by Crippen LogP contribution is -2.35. The monoisotopic (exact) mass is 575 g/mol. The molecule has 2 nitrogen and oxygen atoms in total. The molecule has 0 amide bonds. The fourth-order valence-electron chi connectivity index (χ4n) is 5.41. The van der Waals surface area contributed by atoms with Crippen LogP contribution in [0.2, 0.25) is 0 Å². The second-order valence-corrected chi connectivity index (χ2v) is 12.9. The summed E-state index contributed by atoms with van der Waals surface area (Å²) < 4.78 is 3.84. The zero-order valence-electron chi connectivity index (χ0n) is 23.3. The number of anilines is 1. The number of rotatable bonds is 11. The average Bonchev–Trinajstić information content (AvgIpc) is 3.50. The van der Waals surface area contributed by atoms with E-state index >= 15 is 0 Å². The third-order valence-electron chi connectivity index (χ3n) is 7.55. The Kier molecular flexibility index (Phi) is 10.1. The van der Waals surface area contributed by atoms with E-state index in [2.05, 4.69) is 96.1 Å². The fourth-order valence-corrected chi connectivity index (χ4v) is 7.90. The molecule has 0 saturated carbocycles. The minimum atomic E-state index is 0.936. The summed E-state index contributed by atoms with van der Waals surface area (Å²) in [5, 5.41) is 3.56. The second kappa shape index (κ2) is 13.9. The molecule has 204 valence electrons. The van der Waals surface area contributed by atoms with Crippen LogP contribution in [0.3, 0.4) is 0 Å². The third kappa shape index (κ3) is 6.73. The molecule has 5 heteroatoms. The van der Waals surface area contributed by atoms with Crippen molar-refractivity contribution in [1.82, 2.24) is 0 Å². The van der Waals surface area contributed by atoms with Gasteiger partial charge in [-0.15, -0.1) is 0 Å². The summed E-state index contributed by atoms with van der Waals surface area (Å²) in [5.74, 6) is 0. The maximum absolute atomic E-state index is 7.06. The second-order valence-electron chi connectivity index (χ2n) is 10.4. The first kappa shape index (κ1) is 28.3. The summed E-state index contributed by atoms with van der Waals surface area (Å²) in [6, 6.07) is 17.6. The number of halogens is 1. The Hall–Kier alpha value is -2.27. The topological polar surface area (TPSA) is 7.12 Å². The Labute approximate surface area is 247 Å². The Morgan fingerprint density at radius 3 is 2.56 bits per heavy atom. The van der Waals surface area contributed by atoms with E-state index < -0.39 is 0 Å². The predicted octanol–water partition coefficient (Wildman–Crippen LogP) is 10.6. The molecular formula is C34H40ClN2S2+. The number of aromatic nitrogens is 1. The molecule has 2 aliphatic rings. The zero-order chi connectivity index (χ0) is 27.0. The highest BCUT2D eigenvalue weighted by molar-refractivity contribution is 8.03. The number of para-hydroxylation sites is 2. The Balaban J connectivity index is 1.39. The van der Waals surface area contributed by atoms with Crippen molar-refractivity contribution in [3.8, 4) is 0 Å². The summed E-state index contributed by atoms with van der Waals surface area (Å²) in [4.78, 5) is 3.84. The fraction of sp³-hybridized carbons (Fsp3) is 0.382. The molecule has 5 rings (SSSR count). The number of aryl methyl sites for hydroxylation is 1. The molecule has 1 aliphatic carbocycles. The van der Waals surface area contributed by atoms with Crippen LogP contribution in [0.4, 0.5) is 5.69 Å². The van der Waals surface area contributed by atoms with Crippen molar-refractivity contribution in [3.05, 3.63) is 93.0 Å². The summed E-state index contributed by atoms with van der Waals surface area (Å²) in [7, 11) is 0. The van der Waals surface area contributed by atoms with Gasteiger partial charge in [0.2, 0.25) is 5.52 Å². The van der Waals surface area contributed by atoms with Crippen LogP contribution in [0.25, 0.3) is 16.3 Å². The zero-order valence-corrected chi connectivity index (χ0v) is 25.7. The standard InChI is InChI=1S/C34H40ClN2S2/c1-3-5-11-24-36-28-16-7-9-18-30(28)38-32(36)22-20-26-14-13-15-27(34(26)35)21-23-33-37(25-12-6-4-2)29-17-8-10-19-31(29)39-33/h7-10,16-23H,3-6,11-15,24-25H2,1-2H3/q+1. The normalized spacial score (nSPS) is 17.9. The van der Waals surface area contributed by atoms with E-state index in [4.69, 9.17) is 11.6 Å². The van der Waals surface area contributed by atoms with Crippen LogP contribution in [0, 0.1) is 0 Å². The van der Waals surface area contributed by atoms with Gasteiger partial charge in [0.15, 0.2) is 6.54 Å². The molecule has 1 aliphatic heterocycles. The molecule has 0 bridgehead atoms. The minimum Gasteiger partial charge on any atom is -0.335 e. The quantitative estimate of drug-likeness (QED) is 0.166. The molecule has 0 saturated heterocycles. The number of allylic oxidation sites excluding steroid dienone is 6. The maximum atomic E-state index is 7.06. The number of thioether (sulfide) groups is 1. The minimum absolute atomic E-state index is 0.936. The Bertz CT molecular complexity index is 1410. The lowest BCUT2D eigenvalue weighted by molar-refractivity contribution is -0.669. The number of fused-ring (bicyclic) bond motifs is 2. The van der Waals surface area contributed by atoms with Crippen LogP contribution in [-0.4, -0.2) is 6.54 Å². The van der Waals surface area contributed by atoms with Gasteiger partial charge in [0.05, 0.1) is 10.7 Å². The largest absolute Gasteiger partial charge is 0.335 e. The molecule has 2 aromatic carbocycles. The van der Waals surface area contributed by atoms with Crippen molar-refractivity contribution >= 4 is 56.7 Å². The van der Waals surface area contributed by atoms with Crippen molar-refractivity contribution < 1.29 is 4.57 Å². The molecule has 0 spiro atoms. The van der Waals surface area contributed by atoms with E-state index in [0.717, 1.165) is 37.4 Å². The van der Waals surface area contributed by atoms with Crippen molar-refractivity contribution in [2.45, 2.75) is 83.1 Å². The maximum Gasteiger partial charge on any atom is 0.262 e. The van der Waals surface area contributed by atoms with Gasteiger partial charge in [-0.1, -0.05) is 104 Å². The number of hydrogen-bond donors (Lipinski definition) is 0. The molecule has 0 atom stereocenters. The van der Waals surface area contributed by atoms with Gasteiger partial charge >= 0.3 is 0 Å². The molecule has 2 heterocycles. The lowest BCUT2D eigenvalue weighted by Gasteiger charge is -2.20. The summed E-state index contributed by atoms with van der Waals surface area (Å²) in [5.41, 5.74) is 5.19. The van der Waals surface area contributed by atoms with E-state index in [1.165, 1.54) is 80.5 Å². The summed E-state index contributed by atoms with van der Waals surface area (Å²) in [6.07, 6.45) is 19.8. The SMILES string of the molecule is CCCCCN1/C(=C\C=C2\CCCC(/C=C/c3sc4ccccc4[n+]3CCCCC)=C2Cl)Sc2ccccc21. The highest BCUT2D eigenvalue weighted by Crippen LogP contribution is 2.46. The van der Waals surface area contributed by atoms with E-state index in [-0.39, 0.29) is 0 Å². The molecule has 0 radical (unpaired) electrons. The van der Waals surface area contributed by atoms with Gasteiger partial charge in [-0.25, -0.2) is 0 Å². The third-order valence-corrected chi connectivity index (χ3v) is 10.3. The predicted molar refractivity (Wildman–Crippen MR) is 173 cm³/mol. The smallest absolute Gasteiger partial charge is 0.262 e. The molecule has 0 unspecified atom stereocenters. The van der Waals surface area contributed by atoms with Crippen LogP contribution in [-0.2, 0) is 6.54 Å². The van der Waals surface area contributed by atoms with Gasteiger partial charge in [0.25, 0.3) is 5.01 Å². The molecular weight excluding hydrogens is 536 g/mol. The molecule has 1 aromatic heterocycles. The number of hydrogen-bond acceptors (Lipinski definition) is 3. The first-order chi connectivity index (χ1) is 19.2. The van der Waals surface area contributed by atoms with Gasteiger partial charge in [0, 0.05) is 35.0 Å². The van der Waals surface area contributed by atoms with Crippen LogP contribution in [0.1, 0.15) is 76.6 Å². The van der Waals surface area contributed by atoms with Gasteiger partial charge in [0.1, 0.15) is 4.70 Å². The van der Waals surface area contributed by atoms with E-state index in [9.17, 15) is 0 Å². The number of unbranched alkanes of at least 4 members (excludes halogenated alkanes) is 4. The molecule has 3 aromatic rings. The summed E-state index contributed by atoms with van der Waals surface area (Å²) >= 11 is 10.8. The Morgan fingerprint density at radius 2 is 1.69 bits per heavy atom. The van der Waals surface area contributed by atoms with Crippen LogP contribution >= 0.6 is 34.7 Å². The van der Waals surface area contributed by atoms with Gasteiger partial charge in [-0.2, -0.15) is 4.57 Å². The van der Waals surface area contributed by atoms with Gasteiger partial charge in [-0.05, 0) is 67.5 Å². The van der Waals surface area contributed by atoms with E-state index in [1.54, 1.807) is 0 Å². The first-order valence-electron chi connectivity index (χ1n) is 14.6. The molecule has 39 heavy (non-hydrogen) atoms. The van der Waals surface area contributed by atoms with Crippen molar-refractivity contribution in [3.63, 3.8) is 0 Å². The Morgan fingerprint density at radius 1 is 0.897 bits per heavy atom. The van der Waals surface area contributed by atoms with Crippen molar-refractivity contribution in [1.29, 1.82) is 0 Å². The highest BCUT2D eigenvalue weighted by Gasteiger charge is 2.24. The number of nitrogens with zero attached hydrogens (tertiary/aromatic N) is 2. The van der Waals surface area contributed by atoms with Crippen molar-refractivity contribution in [2.24, 2.45) is 0 Å². The van der Waals surface area contributed by atoms with Crippen LogP contribution in [0.5, 0.6) is 0 Å². The first-order valence-corrected chi connectivity index (χ1v) is 16.6. The van der Waals surface area contributed by atoms with Crippen molar-refractivity contribution in [2.75, 3.05) is 11.4 Å². The van der Waals surface area contributed by atoms with Gasteiger partial charge in [-0.3, -0.25) is 0 Å². The number of benzene rings is 2. The average molecular weight is 576 g/mol. The lowest BCUT2D eigenvalue weighted by atomic mass is 9.94.